The summed E-state index contributed by atoms with van der Waals surface area (Å²) in [4.78, 5) is 15.6. The number of nitrogens with one attached hydrogen (secondary N) is 1. The van der Waals surface area contributed by atoms with Crippen LogP contribution in [-0.2, 0) is 4.79 Å². The number of piperazine rings is 1. The summed E-state index contributed by atoms with van der Waals surface area (Å²) in [7, 11) is 0. The summed E-state index contributed by atoms with van der Waals surface area (Å²) in [6, 6.07) is 14.5. The van der Waals surface area contributed by atoms with Gasteiger partial charge in [-0.1, -0.05) is 29.8 Å². The van der Waals surface area contributed by atoms with E-state index in [0.717, 1.165) is 17.0 Å². The van der Waals surface area contributed by atoms with E-state index < -0.39 is 0 Å². The van der Waals surface area contributed by atoms with Gasteiger partial charge in [0.05, 0.1) is 11.8 Å². The van der Waals surface area contributed by atoms with Crippen LogP contribution in [0.1, 0.15) is 11.6 Å². The second-order valence-corrected chi connectivity index (χ2v) is 7.07. The van der Waals surface area contributed by atoms with Gasteiger partial charge in [0, 0.05) is 29.6 Å². The number of phenols is 1. The van der Waals surface area contributed by atoms with E-state index in [-0.39, 0.29) is 17.7 Å². The number of hydrogen-bond acceptors (Lipinski definition) is 4. The first kappa shape index (κ1) is 17.1. The van der Waals surface area contributed by atoms with Crippen LogP contribution in [0.15, 0.2) is 53.4 Å². The van der Waals surface area contributed by atoms with Crippen LogP contribution in [0.25, 0.3) is 0 Å². The van der Waals surface area contributed by atoms with Crippen molar-refractivity contribution >= 4 is 29.3 Å². The lowest BCUT2D eigenvalue weighted by atomic mass is 10.0. The van der Waals surface area contributed by atoms with E-state index in [1.165, 1.54) is 11.8 Å². The predicted molar refractivity (Wildman–Crippen MR) is 97.6 cm³/mol. The molecule has 1 aliphatic heterocycles. The fraction of sp³-hybridized carbons (Fsp3) is 0.278. The zero-order chi connectivity index (χ0) is 16.9. The highest BCUT2D eigenvalue weighted by molar-refractivity contribution is 8.00. The number of amides is 1. The normalized spacial score (nSPS) is 17.7. The molecule has 2 aromatic rings. The number of benzene rings is 2. The van der Waals surface area contributed by atoms with E-state index in [1.807, 2.05) is 41.3 Å². The first-order valence-electron chi connectivity index (χ1n) is 7.81. The fourth-order valence-corrected chi connectivity index (χ4v) is 3.84. The average molecular weight is 363 g/mol. The third kappa shape index (κ3) is 4.04. The van der Waals surface area contributed by atoms with Crippen molar-refractivity contribution in [2.75, 3.05) is 25.4 Å². The number of nitrogens with zero attached hydrogens (tertiary/aromatic N) is 1. The van der Waals surface area contributed by atoms with Crippen LogP contribution in [0.3, 0.4) is 0 Å². The van der Waals surface area contributed by atoms with Gasteiger partial charge in [0.2, 0.25) is 5.91 Å². The summed E-state index contributed by atoms with van der Waals surface area (Å²) in [6.07, 6.45) is 0. The van der Waals surface area contributed by atoms with Crippen molar-refractivity contribution in [2.45, 2.75) is 10.9 Å². The fourth-order valence-electron chi connectivity index (χ4n) is 2.80. The number of thioether (sulfide) groups is 1. The average Bonchev–Trinajstić information content (AvgIpc) is 2.61. The molecule has 0 aromatic heterocycles. The minimum atomic E-state index is -0.0413. The van der Waals surface area contributed by atoms with Gasteiger partial charge in [-0.25, -0.2) is 0 Å². The van der Waals surface area contributed by atoms with Crippen LogP contribution in [-0.4, -0.2) is 41.3 Å². The lowest BCUT2D eigenvalue weighted by molar-refractivity contribution is -0.131. The van der Waals surface area contributed by atoms with E-state index >= 15 is 0 Å². The Hall–Kier alpha value is -1.69. The molecule has 0 radical (unpaired) electrons. The van der Waals surface area contributed by atoms with Crippen molar-refractivity contribution in [2.24, 2.45) is 0 Å². The number of rotatable bonds is 4. The van der Waals surface area contributed by atoms with Crippen molar-refractivity contribution in [1.82, 2.24) is 10.2 Å². The van der Waals surface area contributed by atoms with Crippen molar-refractivity contribution in [3.05, 3.63) is 59.1 Å². The van der Waals surface area contributed by atoms with Crippen LogP contribution in [0.4, 0.5) is 0 Å². The third-order valence-electron chi connectivity index (χ3n) is 4.03. The summed E-state index contributed by atoms with van der Waals surface area (Å²) < 4.78 is 0. The summed E-state index contributed by atoms with van der Waals surface area (Å²) in [5.41, 5.74) is 0.981. The number of aromatic hydroxyl groups is 1. The summed E-state index contributed by atoms with van der Waals surface area (Å²) >= 11 is 7.80. The zero-order valence-electron chi connectivity index (χ0n) is 13.1. The minimum absolute atomic E-state index is 0.0413. The Kier molecular flexibility index (Phi) is 5.66. The molecule has 6 heteroatoms. The Morgan fingerprint density at radius 2 is 2.00 bits per heavy atom. The molecule has 4 nitrogen and oxygen atoms in total. The van der Waals surface area contributed by atoms with E-state index in [0.29, 0.717) is 23.9 Å². The van der Waals surface area contributed by atoms with Crippen LogP contribution in [0.5, 0.6) is 5.75 Å². The molecule has 0 saturated carbocycles. The SMILES string of the molecule is O=C(CSc1ccc(O)cc1)N1CCNCC1c1ccccc1Cl. The predicted octanol–water partition coefficient (Wildman–Crippen LogP) is 3.31. The maximum Gasteiger partial charge on any atom is 0.233 e. The Morgan fingerprint density at radius 3 is 2.75 bits per heavy atom. The first-order valence-corrected chi connectivity index (χ1v) is 9.18. The Morgan fingerprint density at radius 1 is 1.25 bits per heavy atom. The quantitative estimate of drug-likeness (QED) is 0.819. The van der Waals surface area contributed by atoms with Gasteiger partial charge >= 0.3 is 0 Å². The largest absolute Gasteiger partial charge is 0.508 e. The number of halogens is 1. The monoisotopic (exact) mass is 362 g/mol. The van der Waals surface area contributed by atoms with Gasteiger partial charge < -0.3 is 15.3 Å². The number of phenolic OH excluding ortho intramolecular Hbond substituents is 1. The molecular formula is C18H19ClN2O2S. The molecule has 1 amide bonds. The standard InChI is InChI=1S/C18H19ClN2O2S/c19-16-4-2-1-3-15(16)17-11-20-9-10-21(17)18(23)12-24-14-7-5-13(22)6-8-14/h1-8,17,20,22H,9-12H2. The minimum Gasteiger partial charge on any atom is -0.508 e. The number of carbonyl (C=O) groups excluding carboxylic acids is 1. The highest BCUT2D eigenvalue weighted by atomic mass is 35.5. The molecule has 1 aliphatic rings. The first-order chi connectivity index (χ1) is 11.6. The Balaban J connectivity index is 1.69. The van der Waals surface area contributed by atoms with E-state index in [4.69, 9.17) is 11.6 Å². The van der Waals surface area contributed by atoms with Crippen molar-refractivity contribution in [1.29, 1.82) is 0 Å². The van der Waals surface area contributed by atoms with Crippen molar-refractivity contribution < 1.29 is 9.90 Å². The van der Waals surface area contributed by atoms with Crippen LogP contribution in [0, 0.1) is 0 Å². The summed E-state index contributed by atoms with van der Waals surface area (Å²) in [5.74, 6) is 0.692. The Bertz CT molecular complexity index is 708. The van der Waals surface area contributed by atoms with Gasteiger partial charge in [-0.15, -0.1) is 11.8 Å². The van der Waals surface area contributed by atoms with Gasteiger partial charge in [-0.3, -0.25) is 4.79 Å². The zero-order valence-corrected chi connectivity index (χ0v) is 14.7. The van der Waals surface area contributed by atoms with Gasteiger partial charge in [-0.2, -0.15) is 0 Å². The van der Waals surface area contributed by atoms with Crippen molar-refractivity contribution in [3.8, 4) is 5.75 Å². The highest BCUT2D eigenvalue weighted by Gasteiger charge is 2.28. The smallest absolute Gasteiger partial charge is 0.233 e. The molecule has 2 aromatic carbocycles. The lowest BCUT2D eigenvalue weighted by Gasteiger charge is -2.37. The maximum atomic E-state index is 12.7. The molecule has 0 spiro atoms. The van der Waals surface area contributed by atoms with E-state index in [1.54, 1.807) is 12.1 Å². The molecule has 1 fully saturated rings. The molecule has 126 valence electrons. The molecule has 1 atom stereocenters. The number of hydrogen-bond donors (Lipinski definition) is 2. The topological polar surface area (TPSA) is 52.6 Å². The highest BCUT2D eigenvalue weighted by Crippen LogP contribution is 2.29. The number of carbonyl (C=O) groups is 1. The van der Waals surface area contributed by atoms with Crippen LogP contribution >= 0.6 is 23.4 Å². The van der Waals surface area contributed by atoms with Gasteiger partial charge in [0.25, 0.3) is 0 Å². The Labute approximate surface area is 150 Å². The lowest BCUT2D eigenvalue weighted by Crippen LogP contribution is -2.49. The van der Waals surface area contributed by atoms with E-state index in [2.05, 4.69) is 5.32 Å². The molecule has 24 heavy (non-hydrogen) atoms. The molecule has 1 saturated heterocycles. The van der Waals surface area contributed by atoms with E-state index in [9.17, 15) is 9.90 Å². The second kappa shape index (κ2) is 7.92. The molecular weight excluding hydrogens is 344 g/mol. The molecule has 1 heterocycles. The molecule has 0 aliphatic carbocycles. The molecule has 2 N–H and O–H groups in total. The second-order valence-electron chi connectivity index (χ2n) is 5.61. The third-order valence-corrected chi connectivity index (χ3v) is 5.37. The van der Waals surface area contributed by atoms with Crippen LogP contribution in [0.2, 0.25) is 5.02 Å². The van der Waals surface area contributed by atoms with Crippen molar-refractivity contribution in [3.63, 3.8) is 0 Å². The van der Waals surface area contributed by atoms with Gasteiger partial charge in [0.15, 0.2) is 0 Å². The summed E-state index contributed by atoms with van der Waals surface area (Å²) in [6.45, 7) is 2.17. The van der Waals surface area contributed by atoms with Crippen LogP contribution < -0.4 is 5.32 Å². The van der Waals surface area contributed by atoms with Gasteiger partial charge in [-0.05, 0) is 35.9 Å². The molecule has 0 bridgehead atoms. The molecule has 1 unspecified atom stereocenters. The summed E-state index contributed by atoms with van der Waals surface area (Å²) in [5, 5.41) is 13.3. The molecule has 3 rings (SSSR count). The maximum absolute atomic E-state index is 12.7. The van der Waals surface area contributed by atoms with Gasteiger partial charge in [0.1, 0.15) is 5.75 Å².